The monoisotopic (exact) mass is 392 g/mol. The Morgan fingerprint density at radius 1 is 1.04 bits per heavy atom. The summed E-state index contributed by atoms with van der Waals surface area (Å²) in [5.41, 5.74) is 0. The highest BCUT2D eigenvalue weighted by molar-refractivity contribution is 7.51. The van der Waals surface area contributed by atoms with Gasteiger partial charge in [-0.3, -0.25) is 4.57 Å². The van der Waals surface area contributed by atoms with Crippen LogP contribution in [-0.2, 0) is 9.30 Å². The maximum absolute atomic E-state index is 11.0. The summed E-state index contributed by atoms with van der Waals surface area (Å²) >= 11 is 0. The van der Waals surface area contributed by atoms with Gasteiger partial charge in [0.2, 0.25) is 6.29 Å². The molecule has 0 aliphatic carbocycles. The molecule has 148 valence electrons. The van der Waals surface area contributed by atoms with Gasteiger partial charge >= 0.3 is 7.60 Å². The van der Waals surface area contributed by atoms with E-state index in [4.69, 9.17) is 24.0 Å². The molecule has 0 bridgehead atoms. The molecule has 0 unspecified atom stereocenters. The van der Waals surface area contributed by atoms with Crippen molar-refractivity contribution in [1.82, 2.24) is 0 Å². The first-order valence-corrected chi connectivity index (χ1v) is 10.0. The van der Waals surface area contributed by atoms with Crippen LogP contribution in [-0.4, -0.2) is 68.1 Å². The average molecular weight is 392 g/mol. The molecule has 0 amide bonds. The SMILES string of the molecule is CC(C)Oc1ccc(O[C@H]2O[C@H](CCP(=O)(O)O)[C@@H](O)[C@H](O)[C@@H]2O)cc1. The molecule has 5 N–H and O–H groups in total. The fourth-order valence-corrected chi connectivity index (χ4v) is 3.14. The lowest BCUT2D eigenvalue weighted by Crippen LogP contribution is -2.59. The van der Waals surface area contributed by atoms with Crippen molar-refractivity contribution in [2.45, 2.75) is 57.1 Å². The Bertz CT molecular complexity index is 615. The van der Waals surface area contributed by atoms with Gasteiger partial charge in [0.15, 0.2) is 0 Å². The van der Waals surface area contributed by atoms with Crippen molar-refractivity contribution in [2.75, 3.05) is 6.16 Å². The molecule has 0 radical (unpaired) electrons. The van der Waals surface area contributed by atoms with Gasteiger partial charge in [0, 0.05) is 0 Å². The minimum Gasteiger partial charge on any atom is -0.491 e. The van der Waals surface area contributed by atoms with E-state index in [1.54, 1.807) is 24.3 Å². The summed E-state index contributed by atoms with van der Waals surface area (Å²) in [6.45, 7) is 3.78. The van der Waals surface area contributed by atoms with Crippen LogP contribution in [0.5, 0.6) is 11.5 Å². The van der Waals surface area contributed by atoms with Crippen LogP contribution >= 0.6 is 7.60 Å². The summed E-state index contributed by atoms with van der Waals surface area (Å²) < 4.78 is 27.5. The average Bonchev–Trinajstić information content (AvgIpc) is 2.54. The molecule has 10 heteroatoms. The van der Waals surface area contributed by atoms with Gasteiger partial charge in [0.1, 0.15) is 29.8 Å². The number of aliphatic hydroxyl groups is 3. The molecule has 1 aromatic rings. The van der Waals surface area contributed by atoms with Crippen molar-refractivity contribution in [3.63, 3.8) is 0 Å². The van der Waals surface area contributed by atoms with Gasteiger partial charge < -0.3 is 39.3 Å². The van der Waals surface area contributed by atoms with E-state index in [1.165, 1.54) is 0 Å². The Balaban J connectivity index is 2.03. The highest BCUT2D eigenvalue weighted by atomic mass is 31.2. The molecule has 2 rings (SSSR count). The Labute approximate surface area is 151 Å². The Kier molecular flexibility index (Phi) is 7.04. The van der Waals surface area contributed by atoms with Crippen molar-refractivity contribution >= 4 is 7.60 Å². The normalized spacial score (nSPS) is 29.6. The summed E-state index contributed by atoms with van der Waals surface area (Å²) in [7, 11) is -4.29. The third kappa shape index (κ3) is 5.92. The molecule has 9 nitrogen and oxygen atoms in total. The molecule has 1 fully saturated rings. The zero-order chi connectivity index (χ0) is 19.5. The fourth-order valence-electron chi connectivity index (χ4n) is 2.55. The van der Waals surface area contributed by atoms with Gasteiger partial charge in [-0.1, -0.05) is 0 Å². The van der Waals surface area contributed by atoms with Crippen LogP contribution in [0.3, 0.4) is 0 Å². The van der Waals surface area contributed by atoms with Crippen LogP contribution in [0.4, 0.5) is 0 Å². The quantitative estimate of drug-likeness (QED) is 0.412. The second-order valence-corrected chi connectivity index (χ2v) is 8.22. The zero-order valence-electron chi connectivity index (χ0n) is 14.5. The summed E-state index contributed by atoms with van der Waals surface area (Å²) in [4.78, 5) is 17.9. The zero-order valence-corrected chi connectivity index (χ0v) is 15.4. The largest absolute Gasteiger partial charge is 0.491 e. The number of hydrogen-bond acceptors (Lipinski definition) is 7. The van der Waals surface area contributed by atoms with Gasteiger partial charge in [-0.2, -0.15) is 0 Å². The predicted octanol–water partition coefficient (Wildman–Crippen LogP) is 0.228. The van der Waals surface area contributed by atoms with Crippen molar-refractivity contribution in [1.29, 1.82) is 0 Å². The van der Waals surface area contributed by atoms with Crippen molar-refractivity contribution in [3.8, 4) is 11.5 Å². The van der Waals surface area contributed by atoms with Crippen molar-refractivity contribution in [3.05, 3.63) is 24.3 Å². The molecule has 1 aliphatic heterocycles. The highest BCUT2D eigenvalue weighted by Gasteiger charge is 2.45. The smallest absolute Gasteiger partial charge is 0.325 e. The number of aliphatic hydroxyl groups excluding tert-OH is 3. The highest BCUT2D eigenvalue weighted by Crippen LogP contribution is 2.37. The molecule has 1 aromatic carbocycles. The predicted molar refractivity (Wildman–Crippen MR) is 91.0 cm³/mol. The van der Waals surface area contributed by atoms with Crippen LogP contribution in [0.2, 0.25) is 0 Å². The van der Waals surface area contributed by atoms with Crippen LogP contribution in [0, 0.1) is 0 Å². The van der Waals surface area contributed by atoms with E-state index >= 15 is 0 Å². The first kappa shape index (κ1) is 21.1. The summed E-state index contributed by atoms with van der Waals surface area (Å²) in [5, 5.41) is 30.0. The van der Waals surface area contributed by atoms with Crippen molar-refractivity contribution < 1.29 is 43.9 Å². The third-order valence-corrected chi connectivity index (χ3v) is 4.66. The number of benzene rings is 1. The Morgan fingerprint density at radius 3 is 2.15 bits per heavy atom. The molecule has 1 heterocycles. The molecular weight excluding hydrogens is 367 g/mol. The number of hydrogen-bond donors (Lipinski definition) is 5. The molecule has 5 atom stereocenters. The van der Waals surface area contributed by atoms with Gasteiger partial charge in [0.05, 0.1) is 18.4 Å². The lowest BCUT2D eigenvalue weighted by atomic mass is 9.97. The first-order valence-electron chi connectivity index (χ1n) is 8.24. The topological polar surface area (TPSA) is 146 Å². The number of rotatable bonds is 7. The molecule has 1 saturated heterocycles. The van der Waals surface area contributed by atoms with E-state index in [1.807, 2.05) is 13.8 Å². The van der Waals surface area contributed by atoms with Crippen LogP contribution in [0.15, 0.2) is 24.3 Å². The molecule has 1 aliphatic rings. The summed E-state index contributed by atoms with van der Waals surface area (Å²) in [6, 6.07) is 6.52. The van der Waals surface area contributed by atoms with Crippen LogP contribution in [0.25, 0.3) is 0 Å². The minimum atomic E-state index is -4.29. The third-order valence-electron chi connectivity index (χ3n) is 3.82. The number of ether oxygens (including phenoxy) is 3. The maximum atomic E-state index is 11.0. The fraction of sp³-hybridized carbons (Fsp3) is 0.625. The minimum absolute atomic E-state index is 0.0108. The lowest BCUT2D eigenvalue weighted by molar-refractivity contribution is -0.272. The summed E-state index contributed by atoms with van der Waals surface area (Å²) in [6.07, 6.45) is -7.68. The van der Waals surface area contributed by atoms with Crippen LogP contribution in [0.1, 0.15) is 20.3 Å². The van der Waals surface area contributed by atoms with E-state index < -0.39 is 44.5 Å². The van der Waals surface area contributed by atoms with Gasteiger partial charge in [-0.25, -0.2) is 0 Å². The van der Waals surface area contributed by atoms with Gasteiger partial charge in [0.25, 0.3) is 0 Å². The summed E-state index contributed by atoms with van der Waals surface area (Å²) in [5.74, 6) is 0.968. The van der Waals surface area contributed by atoms with Gasteiger partial charge in [-0.05, 0) is 44.5 Å². The Hall–Kier alpha value is -1.19. The lowest BCUT2D eigenvalue weighted by Gasteiger charge is -2.40. The van der Waals surface area contributed by atoms with E-state index in [-0.39, 0.29) is 12.5 Å². The molecule has 26 heavy (non-hydrogen) atoms. The van der Waals surface area contributed by atoms with Crippen molar-refractivity contribution in [2.24, 2.45) is 0 Å². The Morgan fingerprint density at radius 2 is 1.62 bits per heavy atom. The van der Waals surface area contributed by atoms with Crippen LogP contribution < -0.4 is 9.47 Å². The maximum Gasteiger partial charge on any atom is 0.325 e. The van der Waals surface area contributed by atoms with E-state index in [9.17, 15) is 19.9 Å². The second-order valence-electron chi connectivity index (χ2n) is 6.45. The van der Waals surface area contributed by atoms with Gasteiger partial charge in [-0.15, -0.1) is 0 Å². The molecule has 0 saturated carbocycles. The molecular formula is C16H25O9P. The van der Waals surface area contributed by atoms with E-state index in [2.05, 4.69) is 0 Å². The second kappa shape index (κ2) is 8.67. The van der Waals surface area contributed by atoms with E-state index in [0.717, 1.165) is 0 Å². The van der Waals surface area contributed by atoms with E-state index in [0.29, 0.717) is 11.5 Å². The standard InChI is InChI=1S/C16H25O9P/c1-9(2)23-10-3-5-11(6-4-10)24-16-15(19)14(18)13(17)12(25-16)7-8-26(20,21)22/h3-6,9,12-19H,7-8H2,1-2H3,(H2,20,21,22)/t12-,13-,14+,15+,16+/m1/s1. The molecule has 0 aromatic heterocycles. The molecule has 0 spiro atoms. The first-order chi connectivity index (χ1) is 12.1.